The molecule has 4 nitrogen and oxygen atoms in total. The van der Waals surface area contributed by atoms with Crippen LogP contribution in [0.4, 0.5) is 11.5 Å². The van der Waals surface area contributed by atoms with Crippen molar-refractivity contribution in [2.45, 2.75) is 6.42 Å². The first-order chi connectivity index (χ1) is 9.36. The molecule has 4 heteroatoms. The molecular weight excluding hydrogens is 238 g/mol. The van der Waals surface area contributed by atoms with Gasteiger partial charge >= 0.3 is 0 Å². The van der Waals surface area contributed by atoms with E-state index >= 15 is 0 Å². The maximum Gasteiger partial charge on any atom is 0.141 e. The summed E-state index contributed by atoms with van der Waals surface area (Å²) in [6.45, 7) is 0.669. The van der Waals surface area contributed by atoms with Crippen molar-refractivity contribution in [1.29, 1.82) is 0 Å². The largest absolute Gasteiger partial charge is 0.464 e. The van der Waals surface area contributed by atoms with Crippen LogP contribution in [0.5, 0.6) is 0 Å². The SMILES string of the molecule is NCCc1ccc(Nc2nccc3occc23)cc1. The van der Waals surface area contributed by atoms with Crippen molar-refractivity contribution >= 4 is 22.5 Å². The van der Waals surface area contributed by atoms with E-state index in [4.69, 9.17) is 10.2 Å². The van der Waals surface area contributed by atoms with Crippen LogP contribution in [0.2, 0.25) is 0 Å². The summed E-state index contributed by atoms with van der Waals surface area (Å²) in [6, 6.07) is 12.0. The average Bonchev–Trinajstić information content (AvgIpc) is 2.91. The molecule has 0 radical (unpaired) electrons. The Bertz CT molecular complexity index is 673. The third-order valence-electron chi connectivity index (χ3n) is 3.03. The van der Waals surface area contributed by atoms with E-state index in [0.29, 0.717) is 6.54 Å². The molecule has 0 aliphatic heterocycles. The van der Waals surface area contributed by atoms with Crippen molar-refractivity contribution in [2.24, 2.45) is 5.73 Å². The highest BCUT2D eigenvalue weighted by Crippen LogP contribution is 2.25. The van der Waals surface area contributed by atoms with Gasteiger partial charge in [0.1, 0.15) is 11.4 Å². The lowest BCUT2D eigenvalue weighted by atomic mass is 10.1. The predicted molar refractivity (Wildman–Crippen MR) is 76.5 cm³/mol. The van der Waals surface area contributed by atoms with Crippen LogP contribution in [0.3, 0.4) is 0 Å². The van der Waals surface area contributed by atoms with Gasteiger partial charge in [-0.1, -0.05) is 12.1 Å². The van der Waals surface area contributed by atoms with Crippen LogP contribution in [0.25, 0.3) is 11.0 Å². The van der Waals surface area contributed by atoms with Crippen molar-refractivity contribution in [1.82, 2.24) is 4.98 Å². The lowest BCUT2D eigenvalue weighted by Crippen LogP contribution is -2.02. The topological polar surface area (TPSA) is 64.1 Å². The number of nitrogens with one attached hydrogen (secondary N) is 1. The lowest BCUT2D eigenvalue weighted by Gasteiger charge is -2.07. The average molecular weight is 253 g/mol. The molecule has 0 unspecified atom stereocenters. The fourth-order valence-electron chi connectivity index (χ4n) is 2.05. The van der Waals surface area contributed by atoms with Gasteiger partial charge in [0.05, 0.1) is 11.6 Å². The molecular formula is C15H15N3O. The summed E-state index contributed by atoms with van der Waals surface area (Å²) in [5, 5.41) is 4.28. The van der Waals surface area contributed by atoms with Gasteiger partial charge in [-0.05, 0) is 42.8 Å². The molecule has 0 saturated heterocycles. The Morgan fingerprint density at radius 3 is 2.74 bits per heavy atom. The van der Waals surface area contributed by atoms with Crippen molar-refractivity contribution < 1.29 is 4.42 Å². The molecule has 0 fully saturated rings. The molecule has 0 aliphatic rings. The summed E-state index contributed by atoms with van der Waals surface area (Å²) < 4.78 is 5.35. The van der Waals surface area contributed by atoms with Crippen LogP contribution in [0, 0.1) is 0 Å². The van der Waals surface area contributed by atoms with E-state index in [1.54, 1.807) is 12.5 Å². The number of hydrogen-bond donors (Lipinski definition) is 2. The van der Waals surface area contributed by atoms with E-state index in [9.17, 15) is 0 Å². The van der Waals surface area contributed by atoms with Crippen LogP contribution < -0.4 is 11.1 Å². The number of nitrogens with zero attached hydrogens (tertiary/aromatic N) is 1. The summed E-state index contributed by atoms with van der Waals surface area (Å²) >= 11 is 0. The van der Waals surface area contributed by atoms with Crippen LogP contribution in [0.15, 0.2) is 53.3 Å². The number of benzene rings is 1. The van der Waals surface area contributed by atoms with E-state index in [2.05, 4.69) is 22.4 Å². The van der Waals surface area contributed by atoms with E-state index < -0.39 is 0 Å². The molecule has 0 saturated carbocycles. The monoisotopic (exact) mass is 253 g/mol. The maximum absolute atomic E-state index is 5.54. The number of nitrogens with two attached hydrogens (primary N) is 1. The third kappa shape index (κ3) is 2.44. The number of hydrogen-bond acceptors (Lipinski definition) is 4. The predicted octanol–water partition coefficient (Wildman–Crippen LogP) is 3.07. The Hall–Kier alpha value is -2.33. The zero-order valence-corrected chi connectivity index (χ0v) is 10.5. The second-order valence-electron chi connectivity index (χ2n) is 4.35. The summed E-state index contributed by atoms with van der Waals surface area (Å²) in [4.78, 5) is 4.34. The molecule has 3 rings (SSSR count). The van der Waals surface area contributed by atoms with Crippen molar-refractivity contribution in [3.05, 3.63) is 54.4 Å². The minimum absolute atomic E-state index is 0.669. The fraction of sp³-hybridized carbons (Fsp3) is 0.133. The lowest BCUT2D eigenvalue weighted by molar-refractivity contribution is 0.615. The van der Waals surface area contributed by atoms with Crippen LogP contribution in [0.1, 0.15) is 5.56 Å². The van der Waals surface area contributed by atoms with Gasteiger partial charge in [0.15, 0.2) is 0 Å². The molecule has 2 aromatic heterocycles. The quantitative estimate of drug-likeness (QED) is 0.750. The molecule has 0 spiro atoms. The molecule has 0 aliphatic carbocycles. The Morgan fingerprint density at radius 1 is 1.11 bits per heavy atom. The third-order valence-corrected chi connectivity index (χ3v) is 3.03. The number of furan rings is 1. The van der Waals surface area contributed by atoms with E-state index in [1.807, 2.05) is 24.3 Å². The first kappa shape index (κ1) is 11.7. The molecule has 3 aromatic rings. The van der Waals surface area contributed by atoms with Crippen LogP contribution >= 0.6 is 0 Å². The summed E-state index contributed by atoms with van der Waals surface area (Å²) in [6.07, 6.45) is 4.30. The van der Waals surface area contributed by atoms with Gasteiger partial charge in [-0.3, -0.25) is 0 Å². The number of pyridine rings is 1. The van der Waals surface area contributed by atoms with Crippen LogP contribution in [-0.2, 0) is 6.42 Å². The summed E-state index contributed by atoms with van der Waals surface area (Å²) in [7, 11) is 0. The van der Waals surface area contributed by atoms with Crippen molar-refractivity contribution in [2.75, 3.05) is 11.9 Å². The number of rotatable bonds is 4. The van der Waals surface area contributed by atoms with E-state index in [0.717, 1.165) is 28.9 Å². The Balaban J connectivity index is 1.86. The maximum atomic E-state index is 5.54. The van der Waals surface area contributed by atoms with Gasteiger partial charge in [-0.25, -0.2) is 4.98 Å². The first-order valence-corrected chi connectivity index (χ1v) is 6.25. The Kier molecular flexibility index (Phi) is 3.16. The summed E-state index contributed by atoms with van der Waals surface area (Å²) in [5.41, 5.74) is 8.61. The molecule has 0 atom stereocenters. The van der Waals surface area contributed by atoms with Gasteiger partial charge in [0, 0.05) is 11.9 Å². The molecule has 2 heterocycles. The second kappa shape index (κ2) is 5.12. The van der Waals surface area contributed by atoms with Gasteiger partial charge in [-0.2, -0.15) is 0 Å². The molecule has 0 amide bonds. The van der Waals surface area contributed by atoms with Gasteiger partial charge in [0.25, 0.3) is 0 Å². The smallest absolute Gasteiger partial charge is 0.141 e. The molecule has 3 N–H and O–H groups in total. The molecule has 96 valence electrons. The Morgan fingerprint density at radius 2 is 1.95 bits per heavy atom. The standard InChI is InChI=1S/C15H15N3O/c16-8-5-11-1-3-12(4-2-11)18-15-13-7-10-19-14(13)6-9-17-15/h1-4,6-7,9-10H,5,8,16H2,(H,17,18). The highest BCUT2D eigenvalue weighted by molar-refractivity contribution is 5.89. The highest BCUT2D eigenvalue weighted by Gasteiger charge is 2.04. The van der Waals surface area contributed by atoms with Gasteiger partial charge in [0.2, 0.25) is 0 Å². The van der Waals surface area contributed by atoms with Crippen LogP contribution in [-0.4, -0.2) is 11.5 Å². The number of aromatic nitrogens is 1. The summed E-state index contributed by atoms with van der Waals surface area (Å²) in [5.74, 6) is 0.804. The number of fused-ring (bicyclic) bond motifs is 1. The molecule has 1 aromatic carbocycles. The fourth-order valence-corrected chi connectivity index (χ4v) is 2.05. The minimum atomic E-state index is 0.669. The normalized spacial score (nSPS) is 10.8. The number of anilines is 2. The molecule has 19 heavy (non-hydrogen) atoms. The zero-order chi connectivity index (χ0) is 13.1. The van der Waals surface area contributed by atoms with E-state index in [-0.39, 0.29) is 0 Å². The van der Waals surface area contributed by atoms with Gasteiger partial charge < -0.3 is 15.5 Å². The zero-order valence-electron chi connectivity index (χ0n) is 10.5. The Labute approximate surface area is 111 Å². The van der Waals surface area contributed by atoms with Crippen molar-refractivity contribution in [3.8, 4) is 0 Å². The van der Waals surface area contributed by atoms with Gasteiger partial charge in [-0.15, -0.1) is 0 Å². The minimum Gasteiger partial charge on any atom is -0.464 e. The second-order valence-corrected chi connectivity index (χ2v) is 4.35. The highest BCUT2D eigenvalue weighted by atomic mass is 16.3. The van der Waals surface area contributed by atoms with Crippen molar-refractivity contribution in [3.63, 3.8) is 0 Å². The molecule has 0 bridgehead atoms. The van der Waals surface area contributed by atoms with E-state index in [1.165, 1.54) is 5.56 Å². The first-order valence-electron chi connectivity index (χ1n) is 6.25.